The van der Waals surface area contributed by atoms with Gasteiger partial charge in [-0.15, -0.1) is 0 Å². The number of esters is 7. The lowest BCUT2D eigenvalue weighted by Gasteiger charge is -2.14. The summed E-state index contributed by atoms with van der Waals surface area (Å²) < 4.78 is 44.3. The van der Waals surface area contributed by atoms with E-state index in [1.54, 1.807) is 111 Å². The van der Waals surface area contributed by atoms with Crippen LogP contribution >= 0.6 is 0 Å². The van der Waals surface area contributed by atoms with Gasteiger partial charge in [0.15, 0.2) is 18.2 Å². The Morgan fingerprint density at radius 3 is 1.02 bits per heavy atom. The van der Waals surface area contributed by atoms with E-state index in [0.29, 0.717) is 126 Å². The van der Waals surface area contributed by atoms with E-state index in [2.05, 4.69) is 86.6 Å². The quantitative estimate of drug-likeness (QED) is 0.0160. The lowest BCUT2D eigenvalue weighted by Crippen LogP contribution is -2.28. The van der Waals surface area contributed by atoms with E-state index >= 15 is 0 Å². The highest BCUT2D eigenvalue weighted by molar-refractivity contribution is 5.97. The molecule has 128 heavy (non-hydrogen) atoms. The van der Waals surface area contributed by atoms with Gasteiger partial charge in [-0.3, -0.25) is 24.0 Å². The molecule has 0 spiro atoms. The molecule has 8 aromatic carbocycles. The maximum Gasteiger partial charge on any atom is 0.513 e. The molecular formula is C91H97N17O20. The molecule has 8 heterocycles. The molecule has 0 saturated carbocycles. The van der Waals surface area contributed by atoms with Gasteiger partial charge in [0.25, 0.3) is 0 Å². The number of rotatable bonds is 26. The average Bonchev–Trinajstić information content (AvgIpc) is 1.62. The molecule has 37 heteroatoms. The van der Waals surface area contributed by atoms with Crippen molar-refractivity contribution in [2.24, 2.45) is 81.8 Å². The van der Waals surface area contributed by atoms with E-state index in [1.165, 1.54) is 18.7 Å². The summed E-state index contributed by atoms with van der Waals surface area (Å²) in [5.41, 5.74) is 18.9. The van der Waals surface area contributed by atoms with Crippen molar-refractivity contribution in [2.75, 3.05) is 66.4 Å². The first-order valence-electron chi connectivity index (χ1n) is 41.2. The maximum atomic E-state index is 11.8. The topological polar surface area (TPSA) is 472 Å². The smallest absolute Gasteiger partial charge is 0.465 e. The van der Waals surface area contributed by atoms with Gasteiger partial charge in [-0.1, -0.05) is 46.8 Å². The molecular weight excluding hydrogens is 1650 g/mol. The predicted octanol–water partition coefficient (Wildman–Crippen LogP) is 20.5. The fraction of sp³-hybridized carbons (Fsp3) is 0.352. The highest BCUT2D eigenvalue weighted by Crippen LogP contribution is 2.35. The van der Waals surface area contributed by atoms with E-state index in [0.717, 1.165) is 132 Å². The van der Waals surface area contributed by atoms with Gasteiger partial charge in [-0.05, 0) is 172 Å². The molecule has 0 bridgehead atoms. The minimum absolute atomic E-state index is 0.0459. The van der Waals surface area contributed by atoms with Crippen LogP contribution in [-0.2, 0) is 116 Å². The zero-order chi connectivity index (χ0) is 91.7. The second-order valence-corrected chi connectivity index (χ2v) is 28.4. The van der Waals surface area contributed by atoms with Gasteiger partial charge in [-0.25, -0.2) is 28.8 Å². The predicted molar refractivity (Wildman–Crippen MR) is 462 cm³/mol. The van der Waals surface area contributed by atoms with Crippen molar-refractivity contribution in [1.82, 2.24) is 4.90 Å². The van der Waals surface area contributed by atoms with Crippen molar-refractivity contribution < 1.29 is 95.4 Å². The molecule has 0 saturated heterocycles. The number of carbonyl (C=O) groups is 11. The van der Waals surface area contributed by atoms with Gasteiger partial charge in [0.2, 0.25) is 5.91 Å². The molecule has 0 aromatic heterocycles. The summed E-state index contributed by atoms with van der Waals surface area (Å²) in [5.74, 6) is -2.11. The third-order valence-electron chi connectivity index (χ3n) is 18.5. The third kappa shape index (κ3) is 30.7. The van der Waals surface area contributed by atoms with E-state index in [1.807, 2.05) is 83.1 Å². The maximum absolute atomic E-state index is 11.8. The summed E-state index contributed by atoms with van der Waals surface area (Å²) in [4.78, 5) is 126. The van der Waals surface area contributed by atoms with Crippen molar-refractivity contribution in [1.29, 1.82) is 0 Å². The molecule has 16 rings (SSSR count). The van der Waals surface area contributed by atoms with E-state index in [9.17, 15) is 52.7 Å². The zero-order valence-corrected chi connectivity index (χ0v) is 72.4. The number of ether oxygens (including phenoxy) is 9. The first kappa shape index (κ1) is 96.7. The molecule has 0 unspecified atom stereocenters. The molecule has 37 nitrogen and oxygen atoms in total. The Morgan fingerprint density at radius 2 is 0.625 bits per heavy atom. The average molecular weight is 1750 g/mol. The Labute approximate surface area is 737 Å². The minimum Gasteiger partial charge on any atom is -0.465 e. The van der Waals surface area contributed by atoms with Gasteiger partial charge >= 0.3 is 47.9 Å². The van der Waals surface area contributed by atoms with Crippen LogP contribution in [0.3, 0.4) is 0 Å². The number of ketones is 2. The Balaban J connectivity index is 0.000000166. The summed E-state index contributed by atoms with van der Waals surface area (Å²) in [6.45, 7) is 20.3. The first-order chi connectivity index (χ1) is 61.9. The summed E-state index contributed by atoms with van der Waals surface area (Å²) in [5, 5.41) is 62.5. The van der Waals surface area contributed by atoms with Crippen LogP contribution in [0.25, 0.3) is 0 Å². The molecule has 0 atom stereocenters. The first-order valence-corrected chi connectivity index (χ1v) is 41.2. The number of amides is 1. The molecule has 0 fully saturated rings. The molecule has 0 aliphatic carbocycles. The SMILES string of the molecule is CC(=O)N(C)CCOC(=O)c1ccc2c(c1)CN=N2.CC(=O)OCCOC(=O)c1ccc2c(c1)CN=N2.CC(=O)c1ccc2c(c1)CN=N2.CCC(=O)c1ccc2c(c1)CN=N2.CCCOC(=O)COC(=O)c1ccc2c(c1)CN=N2.CCCOC(=O)Cc1ccc2c(c1)CN=N2.CCCOC(=O)Oc1ccc2c(c1)CN=N2.CCCOC(=O)c1ccc2c(c1)CN=N2. The molecule has 0 radical (unpaired) electrons. The largest absolute Gasteiger partial charge is 0.513 e. The molecule has 1 amide bonds. The number of fused-ring (bicyclic) bond motifs is 8. The van der Waals surface area contributed by atoms with Gasteiger partial charge in [-0.2, -0.15) is 81.8 Å². The van der Waals surface area contributed by atoms with Gasteiger partial charge < -0.3 is 47.5 Å². The van der Waals surface area contributed by atoms with E-state index in [-0.39, 0.29) is 55.8 Å². The minimum atomic E-state index is -0.673. The van der Waals surface area contributed by atoms with Gasteiger partial charge in [0, 0.05) is 83.0 Å². The second-order valence-electron chi connectivity index (χ2n) is 28.4. The summed E-state index contributed by atoms with van der Waals surface area (Å²) in [6, 6.07) is 42.6. The lowest BCUT2D eigenvalue weighted by atomic mass is 10.0. The van der Waals surface area contributed by atoms with Crippen molar-refractivity contribution in [3.63, 3.8) is 0 Å². The molecule has 8 aliphatic rings. The van der Waals surface area contributed by atoms with Crippen LogP contribution in [0, 0.1) is 0 Å². The van der Waals surface area contributed by atoms with Crippen LogP contribution in [0.1, 0.15) is 200 Å². The van der Waals surface area contributed by atoms with Crippen molar-refractivity contribution in [2.45, 2.75) is 146 Å². The number of azo groups is 8. The number of hydrogen-bond donors (Lipinski definition) is 0. The second kappa shape index (κ2) is 50.6. The monoisotopic (exact) mass is 1750 g/mol. The Kier molecular flexibility index (Phi) is 38.3. The van der Waals surface area contributed by atoms with Crippen LogP contribution < -0.4 is 4.74 Å². The van der Waals surface area contributed by atoms with Crippen LogP contribution in [0.15, 0.2) is 227 Å². The number of hydrogen-bond acceptors (Lipinski definition) is 36. The molecule has 666 valence electrons. The summed E-state index contributed by atoms with van der Waals surface area (Å²) >= 11 is 0. The number of Topliss-reactive ketones (excluding diaryl/α,β-unsaturated/α-hetero) is 2. The third-order valence-corrected chi connectivity index (χ3v) is 18.5. The molecule has 8 aromatic rings. The molecule has 0 N–H and O–H groups in total. The van der Waals surface area contributed by atoms with Crippen molar-refractivity contribution in [3.8, 4) is 5.75 Å². The van der Waals surface area contributed by atoms with Crippen molar-refractivity contribution >= 4 is 111 Å². The van der Waals surface area contributed by atoms with Crippen LogP contribution in [-0.4, -0.2) is 137 Å². The standard InChI is InChI=1S/C13H15N3O3.C13H14N2O4.C12H12N2O4.C12H14N2O2.C11H12N2O3.C11H12N2O2.C10H10N2O.C9H8N2O/c1-9(17)16(2)5-6-19-13(18)10-3-4-12-11(7-10)8-14-15-12;1-2-5-18-12(16)8-19-13(17)9-3-4-11-10(6-9)7-14-15-11;1-8(15)17-4-5-18-12(16)9-2-3-11-10(6-9)7-13-14-11;1-2-5-16-12(15)7-9-3-4-11-10(6-9)8-13-14-11;1-2-5-15-11(14)16-9-3-4-10-8(6-9)7-12-13-10;1-2-5-15-11(14)8-3-4-10-9(6-8)7-12-13-10;1-2-10(13)7-3-4-9-8(5-7)6-11-12-9;1-6(12)7-2-3-9-8(4-7)5-10-11-9/h3-4,7H,5-6,8H2,1-2H3;3-4,6H,2,5,7-8H2,1H3;2-3,6H,4-5,7H2,1H3;3-4,6H,2,5,7-8H2,1H3;3-4,6H,2,5,7H2,1H3;3-4,6H,2,5,7H2,1H3;3-5H,2,6H2,1H3;2-4H,5H2,1H3. The van der Waals surface area contributed by atoms with Crippen LogP contribution in [0.5, 0.6) is 5.75 Å². The van der Waals surface area contributed by atoms with E-state index in [4.69, 9.17) is 37.9 Å². The van der Waals surface area contributed by atoms with Crippen LogP contribution in [0.4, 0.5) is 50.3 Å². The van der Waals surface area contributed by atoms with Gasteiger partial charge in [0.05, 0.1) is 160 Å². The molecule has 8 aliphatic heterocycles. The highest BCUT2D eigenvalue weighted by atomic mass is 16.7. The number of likely N-dealkylation sites (N-methyl/N-ethyl adjacent to an activating group) is 1. The highest BCUT2D eigenvalue weighted by Gasteiger charge is 2.22. The normalized spacial score (nSPS) is 12.4. The fourth-order valence-electron chi connectivity index (χ4n) is 11.7. The van der Waals surface area contributed by atoms with Crippen molar-refractivity contribution in [3.05, 3.63) is 229 Å². The Hall–Kier alpha value is -15.1. The summed E-state index contributed by atoms with van der Waals surface area (Å²) in [6.07, 6.45) is 3.40. The number of nitrogens with zero attached hydrogens (tertiary/aromatic N) is 17. The van der Waals surface area contributed by atoms with Gasteiger partial charge in [0.1, 0.15) is 25.6 Å². The summed E-state index contributed by atoms with van der Waals surface area (Å²) in [7, 11) is 1.66. The van der Waals surface area contributed by atoms with Crippen LogP contribution in [0.2, 0.25) is 0 Å². The van der Waals surface area contributed by atoms with E-state index < -0.39 is 36.0 Å². The fourth-order valence-corrected chi connectivity index (χ4v) is 11.7. The Morgan fingerprint density at radius 1 is 0.312 bits per heavy atom. The number of carbonyl (C=O) groups excluding carboxylic acids is 11. The Bertz CT molecular complexity index is 5550. The number of benzene rings is 8. The zero-order valence-electron chi connectivity index (χ0n) is 72.4. The lowest BCUT2D eigenvalue weighted by molar-refractivity contribution is -0.147.